The number of carboxylic acids is 1. The van der Waals surface area contributed by atoms with E-state index in [-0.39, 0.29) is 5.91 Å². The van der Waals surface area contributed by atoms with Crippen molar-refractivity contribution in [2.24, 2.45) is 0 Å². The van der Waals surface area contributed by atoms with E-state index < -0.39 is 12.1 Å². The normalized spacial score (nSPS) is 10.4. The molecule has 146 valence electrons. The molecule has 5 nitrogen and oxygen atoms in total. The monoisotopic (exact) mass is 402 g/mol. The molecule has 0 fully saturated rings. The van der Waals surface area contributed by atoms with Crippen molar-refractivity contribution in [3.8, 4) is 0 Å². The molecular formula is C18H18ClF3N2O3. The lowest BCUT2D eigenvalue weighted by molar-refractivity contribution is -0.192. The number of amides is 1. The summed E-state index contributed by atoms with van der Waals surface area (Å²) < 4.78 is 31.7. The van der Waals surface area contributed by atoms with Crippen LogP contribution in [-0.2, 0) is 16.0 Å². The number of rotatable bonds is 4. The summed E-state index contributed by atoms with van der Waals surface area (Å²) in [5.74, 6) is -2.81. The zero-order valence-electron chi connectivity index (χ0n) is 14.5. The lowest BCUT2D eigenvalue weighted by atomic mass is 10.1. The van der Waals surface area contributed by atoms with E-state index in [4.69, 9.17) is 21.5 Å². The van der Waals surface area contributed by atoms with Gasteiger partial charge in [0.25, 0.3) is 0 Å². The van der Waals surface area contributed by atoms with Crippen LogP contribution in [0.2, 0.25) is 5.02 Å². The number of aliphatic carboxylic acids is 1. The molecule has 0 unspecified atom stereocenters. The Balaban J connectivity index is 0.000000445. The van der Waals surface area contributed by atoms with Gasteiger partial charge in [-0.15, -0.1) is 0 Å². The molecule has 2 rings (SSSR count). The molecule has 0 aliphatic heterocycles. The summed E-state index contributed by atoms with van der Waals surface area (Å²) in [5.41, 5.74) is 2.69. The van der Waals surface area contributed by atoms with Crippen LogP contribution in [0.4, 0.5) is 24.5 Å². The quantitative estimate of drug-likeness (QED) is 0.803. The average Bonchev–Trinajstić information content (AvgIpc) is 2.54. The molecule has 0 spiro atoms. The van der Waals surface area contributed by atoms with Crippen LogP contribution >= 0.6 is 11.6 Å². The summed E-state index contributed by atoms with van der Waals surface area (Å²) in [6, 6.07) is 15.1. The number of anilines is 2. The van der Waals surface area contributed by atoms with E-state index in [1.165, 1.54) is 0 Å². The predicted molar refractivity (Wildman–Crippen MR) is 98.2 cm³/mol. The van der Waals surface area contributed by atoms with Gasteiger partial charge in [0.15, 0.2) is 0 Å². The van der Waals surface area contributed by atoms with Crippen LogP contribution in [-0.4, -0.2) is 37.3 Å². The summed E-state index contributed by atoms with van der Waals surface area (Å²) in [6.07, 6.45) is -4.78. The van der Waals surface area contributed by atoms with E-state index in [0.29, 0.717) is 11.4 Å². The Labute approximate surface area is 159 Å². The second-order valence-electron chi connectivity index (χ2n) is 5.57. The molecular weight excluding hydrogens is 385 g/mol. The Morgan fingerprint density at radius 2 is 1.70 bits per heavy atom. The lowest BCUT2D eigenvalue weighted by Gasteiger charge is -2.17. The fourth-order valence-electron chi connectivity index (χ4n) is 2.00. The first-order valence-corrected chi connectivity index (χ1v) is 7.99. The maximum atomic E-state index is 12.1. The van der Waals surface area contributed by atoms with Gasteiger partial charge in [-0.3, -0.25) is 4.79 Å². The van der Waals surface area contributed by atoms with E-state index in [0.717, 1.165) is 16.9 Å². The van der Waals surface area contributed by atoms with Gasteiger partial charge in [0, 0.05) is 19.1 Å². The van der Waals surface area contributed by atoms with E-state index in [2.05, 4.69) is 5.32 Å². The second kappa shape index (κ2) is 9.82. The van der Waals surface area contributed by atoms with Crippen LogP contribution < -0.4 is 10.2 Å². The molecule has 0 radical (unpaired) electrons. The summed E-state index contributed by atoms with van der Waals surface area (Å²) in [5, 5.41) is 10.7. The topological polar surface area (TPSA) is 69.6 Å². The molecule has 2 aromatic carbocycles. The highest BCUT2D eigenvalue weighted by molar-refractivity contribution is 6.30. The molecule has 27 heavy (non-hydrogen) atoms. The van der Waals surface area contributed by atoms with Gasteiger partial charge in [-0.25, -0.2) is 4.79 Å². The van der Waals surface area contributed by atoms with Gasteiger partial charge in [0.2, 0.25) is 5.91 Å². The zero-order valence-corrected chi connectivity index (χ0v) is 15.3. The van der Waals surface area contributed by atoms with Crippen molar-refractivity contribution in [1.29, 1.82) is 0 Å². The van der Waals surface area contributed by atoms with Gasteiger partial charge in [-0.05, 0) is 29.8 Å². The third-order valence-electron chi connectivity index (χ3n) is 3.16. The molecule has 0 atom stereocenters. The van der Waals surface area contributed by atoms with E-state index in [1.54, 1.807) is 12.1 Å². The van der Waals surface area contributed by atoms with Crippen molar-refractivity contribution in [3.05, 3.63) is 59.1 Å². The molecule has 0 saturated carbocycles. The first-order chi connectivity index (χ1) is 12.5. The zero-order chi connectivity index (χ0) is 20.6. The molecule has 2 aromatic rings. The van der Waals surface area contributed by atoms with Crippen LogP contribution in [0, 0.1) is 0 Å². The van der Waals surface area contributed by atoms with Gasteiger partial charge in [0.1, 0.15) is 0 Å². The Morgan fingerprint density at radius 1 is 1.11 bits per heavy atom. The molecule has 0 bridgehead atoms. The van der Waals surface area contributed by atoms with Crippen LogP contribution in [0.1, 0.15) is 5.56 Å². The number of halogens is 4. The van der Waals surface area contributed by atoms with Gasteiger partial charge in [0.05, 0.1) is 17.8 Å². The maximum absolute atomic E-state index is 12.1. The highest BCUT2D eigenvalue weighted by Crippen LogP contribution is 2.23. The fraction of sp³-hybridized carbons (Fsp3) is 0.222. The summed E-state index contributed by atoms with van der Waals surface area (Å²) in [4.78, 5) is 23.0. The first kappa shape index (κ1) is 22.3. The maximum Gasteiger partial charge on any atom is 0.490 e. The molecule has 0 aliphatic rings. The van der Waals surface area contributed by atoms with E-state index in [1.807, 2.05) is 55.4 Å². The number of carbonyl (C=O) groups excluding carboxylic acids is 1. The second-order valence-corrected chi connectivity index (χ2v) is 6.01. The summed E-state index contributed by atoms with van der Waals surface area (Å²) in [6.45, 7) is 0. The molecule has 1 amide bonds. The highest BCUT2D eigenvalue weighted by Gasteiger charge is 2.38. The van der Waals surface area contributed by atoms with Crippen LogP contribution in [0.25, 0.3) is 0 Å². The standard InChI is InChI=1S/C16H17ClN2O.C2HF3O2/c1-19(2)15-9-4-3-8-14(15)18-16(20)11-12-6-5-7-13(17)10-12;3-2(4,5)1(6)7/h3-10H,11H2,1-2H3,(H,18,20);(H,6,7). The minimum absolute atomic E-state index is 0.0541. The Bertz CT molecular complexity index is 795. The Morgan fingerprint density at radius 3 is 2.22 bits per heavy atom. The molecule has 0 aliphatic carbocycles. The molecule has 2 N–H and O–H groups in total. The number of nitrogens with one attached hydrogen (secondary N) is 1. The van der Waals surface area contributed by atoms with E-state index in [9.17, 15) is 18.0 Å². The van der Waals surface area contributed by atoms with E-state index >= 15 is 0 Å². The van der Waals surface area contributed by atoms with Gasteiger partial charge >= 0.3 is 12.1 Å². The first-order valence-electron chi connectivity index (χ1n) is 7.61. The number of alkyl halides is 3. The minimum atomic E-state index is -5.08. The van der Waals surface area contributed by atoms with Gasteiger partial charge < -0.3 is 15.3 Å². The SMILES string of the molecule is CN(C)c1ccccc1NC(=O)Cc1cccc(Cl)c1.O=C(O)C(F)(F)F. The minimum Gasteiger partial charge on any atom is -0.475 e. The van der Waals surface area contributed by atoms with Crippen LogP contribution in [0.5, 0.6) is 0 Å². The van der Waals surface area contributed by atoms with Crippen LogP contribution in [0.15, 0.2) is 48.5 Å². The number of hydrogen-bond acceptors (Lipinski definition) is 3. The highest BCUT2D eigenvalue weighted by atomic mass is 35.5. The molecule has 0 aromatic heterocycles. The number of para-hydroxylation sites is 2. The van der Waals surface area contributed by atoms with Crippen molar-refractivity contribution in [3.63, 3.8) is 0 Å². The van der Waals surface area contributed by atoms with Crippen molar-refractivity contribution < 1.29 is 27.9 Å². The fourth-order valence-corrected chi connectivity index (χ4v) is 2.21. The number of carbonyl (C=O) groups is 2. The Kier molecular flexibility index (Phi) is 8.11. The number of carboxylic acid groups (broad SMARTS) is 1. The average molecular weight is 403 g/mol. The number of nitrogens with zero attached hydrogens (tertiary/aromatic N) is 1. The lowest BCUT2D eigenvalue weighted by Crippen LogP contribution is -2.21. The molecule has 0 saturated heterocycles. The predicted octanol–water partition coefficient (Wildman–Crippen LogP) is 4.22. The Hall–Kier alpha value is -2.74. The number of hydrogen-bond donors (Lipinski definition) is 2. The molecule has 9 heteroatoms. The summed E-state index contributed by atoms with van der Waals surface area (Å²) in [7, 11) is 3.89. The third kappa shape index (κ3) is 8.00. The van der Waals surface area contributed by atoms with Gasteiger partial charge in [-0.1, -0.05) is 35.9 Å². The third-order valence-corrected chi connectivity index (χ3v) is 3.39. The van der Waals surface area contributed by atoms with Crippen molar-refractivity contribution in [1.82, 2.24) is 0 Å². The number of benzene rings is 2. The van der Waals surface area contributed by atoms with Crippen molar-refractivity contribution in [2.45, 2.75) is 12.6 Å². The largest absolute Gasteiger partial charge is 0.490 e. The van der Waals surface area contributed by atoms with Crippen LogP contribution in [0.3, 0.4) is 0 Å². The van der Waals surface area contributed by atoms with Crippen molar-refractivity contribution in [2.75, 3.05) is 24.3 Å². The molecule has 0 heterocycles. The smallest absolute Gasteiger partial charge is 0.475 e. The van der Waals surface area contributed by atoms with Gasteiger partial charge in [-0.2, -0.15) is 13.2 Å². The van der Waals surface area contributed by atoms with Crippen molar-refractivity contribution >= 4 is 34.9 Å². The summed E-state index contributed by atoms with van der Waals surface area (Å²) >= 11 is 5.92.